The minimum Gasteiger partial charge on any atom is -0.332 e. The second kappa shape index (κ2) is 12.9. The van der Waals surface area contributed by atoms with Gasteiger partial charge in [-0.2, -0.15) is 11.8 Å². The maximum atomic E-state index is 13.8. The number of hydrogen-bond acceptors (Lipinski definition) is 5. The minimum atomic E-state index is -0.582. The molecule has 11 heteroatoms. The lowest BCUT2D eigenvalue weighted by Crippen LogP contribution is -2.38. The molecule has 1 aliphatic heterocycles. The average molecular weight is 558 g/mol. The van der Waals surface area contributed by atoms with E-state index in [1.807, 2.05) is 11.8 Å². The molecule has 0 bridgehead atoms. The van der Waals surface area contributed by atoms with Gasteiger partial charge < -0.3 is 21.3 Å². The Morgan fingerprint density at radius 3 is 2.19 bits per heavy atom. The van der Waals surface area contributed by atoms with E-state index in [0.717, 1.165) is 24.6 Å². The fraction of sp³-hybridized carbons (Fsp3) is 0.192. The van der Waals surface area contributed by atoms with Crippen molar-refractivity contribution >= 4 is 75.3 Å². The highest BCUT2D eigenvalue weighted by Crippen LogP contribution is 2.26. The number of rotatable bonds is 7. The van der Waals surface area contributed by atoms with E-state index in [-0.39, 0.29) is 11.5 Å². The first-order valence-electron chi connectivity index (χ1n) is 11.5. The van der Waals surface area contributed by atoms with Gasteiger partial charge in [0, 0.05) is 41.7 Å². The largest absolute Gasteiger partial charge is 0.332 e. The molecule has 3 aromatic rings. The summed E-state index contributed by atoms with van der Waals surface area (Å²) in [5.74, 6) is 0.872. The van der Waals surface area contributed by atoms with Crippen LogP contribution in [0.15, 0.2) is 66.7 Å². The molecule has 1 heterocycles. The van der Waals surface area contributed by atoms with Crippen LogP contribution in [-0.4, -0.2) is 53.0 Å². The van der Waals surface area contributed by atoms with Gasteiger partial charge in [-0.25, -0.2) is 4.39 Å². The topological polar surface area (TPSA) is 85.5 Å². The molecule has 3 aromatic carbocycles. The van der Waals surface area contributed by atoms with E-state index in [4.69, 9.17) is 23.8 Å². The van der Waals surface area contributed by atoms with Gasteiger partial charge in [0.1, 0.15) is 5.82 Å². The number of benzene rings is 3. The second-order valence-corrected chi connectivity index (χ2v) is 10.3. The maximum Gasteiger partial charge on any atom is 0.258 e. The Morgan fingerprint density at radius 2 is 1.51 bits per heavy atom. The summed E-state index contributed by atoms with van der Waals surface area (Å²) in [4.78, 5) is 26.8. The van der Waals surface area contributed by atoms with E-state index >= 15 is 0 Å². The summed E-state index contributed by atoms with van der Waals surface area (Å²) in [6.45, 7) is 2.16. The van der Waals surface area contributed by atoms with Crippen molar-refractivity contribution in [2.24, 2.45) is 0 Å². The molecule has 4 N–H and O–H groups in total. The van der Waals surface area contributed by atoms with Crippen molar-refractivity contribution in [2.45, 2.75) is 0 Å². The van der Waals surface area contributed by atoms with Crippen molar-refractivity contribution in [2.75, 3.05) is 52.4 Å². The molecule has 1 fully saturated rings. The SMILES string of the molecule is O=C(CN1CCSCC1)Nc1ccc(NC(=S)Nc2ccc(NC(=O)c3ccccc3F)cc2)cc1Cl. The summed E-state index contributed by atoms with van der Waals surface area (Å²) in [5, 5.41) is 12.4. The molecule has 0 spiro atoms. The standard InChI is InChI=1S/C26H25ClFN5O2S2/c27-21-15-19(9-10-23(21)32-24(34)16-33-11-13-37-14-12-33)31-26(36)30-18-7-5-17(6-8-18)29-25(35)20-3-1-2-4-22(20)28/h1-10,15H,11-14,16H2,(H,29,35)(H,32,34)(H2,30,31,36). The number of amides is 2. The van der Waals surface area contributed by atoms with Gasteiger partial charge in [-0.05, 0) is 66.8 Å². The number of anilines is 4. The molecule has 7 nitrogen and oxygen atoms in total. The van der Waals surface area contributed by atoms with Crippen LogP contribution in [0.4, 0.5) is 27.1 Å². The zero-order valence-corrected chi connectivity index (χ0v) is 22.1. The van der Waals surface area contributed by atoms with Crippen molar-refractivity contribution in [3.63, 3.8) is 0 Å². The molecule has 1 aliphatic rings. The number of carbonyl (C=O) groups is 2. The molecule has 0 saturated carbocycles. The molecular formula is C26H25ClFN5O2S2. The Balaban J connectivity index is 1.27. The van der Waals surface area contributed by atoms with Crippen LogP contribution in [0.3, 0.4) is 0 Å². The van der Waals surface area contributed by atoms with Crippen LogP contribution in [0.25, 0.3) is 0 Å². The summed E-state index contributed by atoms with van der Waals surface area (Å²) >= 11 is 13.7. The molecule has 0 radical (unpaired) electrons. The van der Waals surface area contributed by atoms with E-state index in [2.05, 4.69) is 26.2 Å². The van der Waals surface area contributed by atoms with Crippen LogP contribution >= 0.6 is 35.6 Å². The van der Waals surface area contributed by atoms with Gasteiger partial charge >= 0.3 is 0 Å². The maximum absolute atomic E-state index is 13.8. The first-order chi connectivity index (χ1) is 17.9. The zero-order valence-electron chi connectivity index (χ0n) is 19.7. The summed E-state index contributed by atoms with van der Waals surface area (Å²) < 4.78 is 13.8. The quantitative estimate of drug-likeness (QED) is 0.284. The number of nitrogens with one attached hydrogen (secondary N) is 4. The first-order valence-corrected chi connectivity index (χ1v) is 13.4. The van der Waals surface area contributed by atoms with Gasteiger partial charge in [0.15, 0.2) is 5.11 Å². The highest BCUT2D eigenvalue weighted by molar-refractivity contribution is 7.99. The Kier molecular flexibility index (Phi) is 9.34. The monoisotopic (exact) mass is 557 g/mol. The number of carbonyl (C=O) groups excluding carboxylic acids is 2. The Hall–Kier alpha value is -3.18. The highest BCUT2D eigenvalue weighted by Gasteiger charge is 2.15. The molecule has 0 unspecified atom stereocenters. The normalized spacial score (nSPS) is 13.5. The molecule has 37 heavy (non-hydrogen) atoms. The lowest BCUT2D eigenvalue weighted by Gasteiger charge is -2.25. The smallest absolute Gasteiger partial charge is 0.258 e. The molecule has 0 aromatic heterocycles. The van der Waals surface area contributed by atoms with Gasteiger partial charge in [-0.15, -0.1) is 0 Å². The van der Waals surface area contributed by atoms with Gasteiger partial charge in [-0.1, -0.05) is 23.7 Å². The number of nitrogens with zero attached hydrogens (tertiary/aromatic N) is 1. The highest BCUT2D eigenvalue weighted by atomic mass is 35.5. The molecule has 1 saturated heterocycles. The van der Waals surface area contributed by atoms with Gasteiger partial charge in [-0.3, -0.25) is 14.5 Å². The van der Waals surface area contributed by atoms with Crippen molar-refractivity contribution in [1.29, 1.82) is 0 Å². The molecule has 0 aliphatic carbocycles. The van der Waals surface area contributed by atoms with Crippen molar-refractivity contribution in [1.82, 2.24) is 4.90 Å². The fourth-order valence-electron chi connectivity index (χ4n) is 3.62. The van der Waals surface area contributed by atoms with Crippen molar-refractivity contribution < 1.29 is 14.0 Å². The molecule has 192 valence electrons. The van der Waals surface area contributed by atoms with Gasteiger partial charge in [0.2, 0.25) is 5.91 Å². The molecular weight excluding hydrogens is 533 g/mol. The Labute approximate surface area is 229 Å². The summed E-state index contributed by atoms with van der Waals surface area (Å²) in [7, 11) is 0. The van der Waals surface area contributed by atoms with Crippen molar-refractivity contribution in [3.8, 4) is 0 Å². The van der Waals surface area contributed by atoms with Crippen LogP contribution in [0, 0.1) is 5.82 Å². The van der Waals surface area contributed by atoms with Crippen LogP contribution in [0.1, 0.15) is 10.4 Å². The number of thioether (sulfide) groups is 1. The predicted octanol–water partition coefficient (Wildman–Crippen LogP) is 5.53. The van der Waals surface area contributed by atoms with Gasteiger partial charge in [0.05, 0.1) is 22.8 Å². The van der Waals surface area contributed by atoms with E-state index in [1.54, 1.807) is 48.5 Å². The molecule has 0 atom stereocenters. The first kappa shape index (κ1) is 26.9. The van der Waals surface area contributed by atoms with Crippen LogP contribution in [0.5, 0.6) is 0 Å². The average Bonchev–Trinajstić information content (AvgIpc) is 2.87. The second-order valence-electron chi connectivity index (χ2n) is 8.22. The predicted molar refractivity (Wildman–Crippen MR) is 154 cm³/mol. The van der Waals surface area contributed by atoms with E-state index < -0.39 is 11.7 Å². The zero-order chi connectivity index (χ0) is 26.2. The van der Waals surface area contributed by atoms with Crippen LogP contribution < -0.4 is 21.3 Å². The van der Waals surface area contributed by atoms with Crippen LogP contribution in [0.2, 0.25) is 5.02 Å². The Morgan fingerprint density at radius 1 is 0.892 bits per heavy atom. The Bertz CT molecular complexity index is 1290. The van der Waals surface area contributed by atoms with Crippen LogP contribution in [-0.2, 0) is 4.79 Å². The third-order valence-corrected chi connectivity index (χ3v) is 6.95. The molecule has 4 rings (SSSR count). The number of thiocarbonyl (C=S) groups is 1. The van der Waals surface area contributed by atoms with E-state index in [1.165, 1.54) is 18.2 Å². The summed E-state index contributed by atoms with van der Waals surface area (Å²) in [5.41, 5.74) is 2.37. The molecule has 2 amide bonds. The van der Waals surface area contributed by atoms with Crippen molar-refractivity contribution in [3.05, 3.63) is 83.1 Å². The van der Waals surface area contributed by atoms with Gasteiger partial charge in [0.25, 0.3) is 5.91 Å². The summed E-state index contributed by atoms with van der Waals surface area (Å²) in [6, 6.07) is 17.8. The lowest BCUT2D eigenvalue weighted by molar-refractivity contribution is -0.117. The third-order valence-electron chi connectivity index (χ3n) is 5.49. The minimum absolute atomic E-state index is 0.0273. The summed E-state index contributed by atoms with van der Waals surface area (Å²) in [6.07, 6.45) is 0. The third kappa shape index (κ3) is 7.90. The van der Waals surface area contributed by atoms with E-state index in [9.17, 15) is 14.0 Å². The number of halogens is 2. The van der Waals surface area contributed by atoms with E-state index in [0.29, 0.717) is 39.4 Å². The fourth-order valence-corrected chi connectivity index (χ4v) is 5.06. The number of hydrogen-bond donors (Lipinski definition) is 4. The lowest BCUT2D eigenvalue weighted by atomic mass is 10.2.